The van der Waals surface area contributed by atoms with Crippen molar-refractivity contribution in [2.24, 2.45) is 0 Å². The molecule has 26 heavy (non-hydrogen) atoms. The topological polar surface area (TPSA) is 66.4 Å². The summed E-state index contributed by atoms with van der Waals surface area (Å²) in [5, 5.41) is 0.716. The standard InChI is InChI=1S/C18H12Cl2N4O2/c1-9(25)23-13-5-3-4-6-14(13)24(10(2)26)18-17(23)21-15-11(19)7-8-12(20)16(15)22-18/h3-8H,1-2H3. The van der Waals surface area contributed by atoms with Crippen molar-refractivity contribution in [1.29, 1.82) is 0 Å². The molecule has 0 saturated heterocycles. The van der Waals surface area contributed by atoms with Gasteiger partial charge >= 0.3 is 0 Å². The highest BCUT2D eigenvalue weighted by Gasteiger charge is 2.35. The van der Waals surface area contributed by atoms with E-state index >= 15 is 0 Å². The quantitative estimate of drug-likeness (QED) is 0.565. The third-order valence-electron chi connectivity index (χ3n) is 4.11. The van der Waals surface area contributed by atoms with E-state index in [2.05, 4.69) is 9.97 Å². The third kappa shape index (κ3) is 2.34. The predicted octanol–water partition coefficient (Wildman–Crippen LogP) is 4.62. The minimum Gasteiger partial charge on any atom is -0.274 e. The maximum absolute atomic E-state index is 12.4. The van der Waals surface area contributed by atoms with Crippen LogP contribution < -0.4 is 9.80 Å². The van der Waals surface area contributed by atoms with Crippen LogP contribution in [0.3, 0.4) is 0 Å². The number of benzene rings is 2. The van der Waals surface area contributed by atoms with E-state index < -0.39 is 0 Å². The van der Waals surface area contributed by atoms with Crippen molar-refractivity contribution in [3.05, 3.63) is 46.4 Å². The Balaban J connectivity index is 2.14. The lowest BCUT2D eigenvalue weighted by atomic mass is 10.1. The van der Waals surface area contributed by atoms with Crippen LogP contribution in [0.5, 0.6) is 0 Å². The first kappa shape index (κ1) is 16.8. The van der Waals surface area contributed by atoms with Gasteiger partial charge in [-0.3, -0.25) is 19.4 Å². The Morgan fingerprint density at radius 1 is 0.769 bits per heavy atom. The number of carbonyl (C=O) groups is 2. The molecule has 3 aromatic rings. The Kier molecular flexibility index (Phi) is 3.82. The van der Waals surface area contributed by atoms with Crippen molar-refractivity contribution in [2.75, 3.05) is 9.80 Å². The average molecular weight is 387 g/mol. The number of hydrogen-bond acceptors (Lipinski definition) is 4. The number of carbonyl (C=O) groups excluding carboxylic acids is 2. The zero-order chi connectivity index (χ0) is 18.6. The molecule has 0 saturated carbocycles. The monoisotopic (exact) mass is 386 g/mol. The number of para-hydroxylation sites is 2. The molecule has 4 rings (SSSR count). The third-order valence-corrected chi connectivity index (χ3v) is 4.72. The molecule has 2 aromatic carbocycles. The van der Waals surface area contributed by atoms with Crippen LogP contribution in [0.15, 0.2) is 36.4 Å². The fourth-order valence-electron chi connectivity index (χ4n) is 3.06. The summed E-state index contributed by atoms with van der Waals surface area (Å²) >= 11 is 12.5. The highest BCUT2D eigenvalue weighted by Crippen LogP contribution is 2.47. The second-order valence-electron chi connectivity index (χ2n) is 5.79. The van der Waals surface area contributed by atoms with Gasteiger partial charge in [-0.05, 0) is 24.3 Å². The lowest BCUT2D eigenvalue weighted by Crippen LogP contribution is -2.36. The molecule has 2 amide bonds. The molecule has 1 aromatic heterocycles. The molecule has 0 aliphatic carbocycles. The maximum Gasteiger partial charge on any atom is 0.229 e. The smallest absolute Gasteiger partial charge is 0.229 e. The van der Waals surface area contributed by atoms with Gasteiger partial charge in [-0.1, -0.05) is 35.3 Å². The van der Waals surface area contributed by atoms with Gasteiger partial charge in [-0.25, -0.2) is 9.97 Å². The molecule has 0 fully saturated rings. The van der Waals surface area contributed by atoms with Crippen LogP contribution in [0.4, 0.5) is 23.0 Å². The number of halogens is 2. The molecule has 0 atom stereocenters. The highest BCUT2D eigenvalue weighted by atomic mass is 35.5. The van der Waals surface area contributed by atoms with Crippen molar-refractivity contribution in [2.45, 2.75) is 13.8 Å². The zero-order valence-electron chi connectivity index (χ0n) is 13.8. The Hall–Kier alpha value is -2.70. The summed E-state index contributed by atoms with van der Waals surface area (Å²) in [6.45, 7) is 2.85. The number of nitrogens with zero attached hydrogens (tertiary/aromatic N) is 4. The van der Waals surface area contributed by atoms with E-state index in [4.69, 9.17) is 23.2 Å². The van der Waals surface area contributed by atoms with Crippen molar-refractivity contribution in [3.63, 3.8) is 0 Å². The van der Waals surface area contributed by atoms with Crippen LogP contribution in [0.2, 0.25) is 10.0 Å². The minimum atomic E-state index is -0.256. The second-order valence-corrected chi connectivity index (χ2v) is 6.61. The molecule has 0 spiro atoms. The molecule has 0 N–H and O–H groups in total. The summed E-state index contributed by atoms with van der Waals surface area (Å²) in [5.74, 6) is -0.0338. The van der Waals surface area contributed by atoms with E-state index in [-0.39, 0.29) is 23.5 Å². The van der Waals surface area contributed by atoms with Crippen molar-refractivity contribution in [1.82, 2.24) is 9.97 Å². The minimum absolute atomic E-state index is 0.239. The Labute approximate surface area is 159 Å². The maximum atomic E-state index is 12.4. The van der Waals surface area contributed by atoms with Crippen LogP contribution in [-0.2, 0) is 9.59 Å². The Bertz CT molecular complexity index is 1010. The zero-order valence-corrected chi connectivity index (χ0v) is 15.3. The largest absolute Gasteiger partial charge is 0.274 e. The van der Waals surface area contributed by atoms with Crippen LogP contribution in [0.25, 0.3) is 11.0 Å². The van der Waals surface area contributed by atoms with E-state index in [1.165, 1.54) is 23.6 Å². The summed E-state index contributed by atoms with van der Waals surface area (Å²) < 4.78 is 0. The first-order chi connectivity index (χ1) is 12.4. The van der Waals surface area contributed by atoms with Crippen molar-refractivity contribution in [3.8, 4) is 0 Å². The van der Waals surface area contributed by atoms with Crippen LogP contribution >= 0.6 is 23.2 Å². The van der Waals surface area contributed by atoms with E-state index in [0.29, 0.717) is 32.5 Å². The molecule has 2 heterocycles. The number of fused-ring (bicyclic) bond motifs is 3. The van der Waals surface area contributed by atoms with Gasteiger partial charge in [0.05, 0.1) is 21.4 Å². The lowest BCUT2D eigenvalue weighted by molar-refractivity contribution is -0.117. The Morgan fingerprint density at radius 3 is 1.50 bits per heavy atom. The molecule has 1 aliphatic heterocycles. The second kappa shape index (κ2) is 5.93. The normalized spacial score (nSPS) is 12.8. The van der Waals surface area contributed by atoms with E-state index in [1.54, 1.807) is 36.4 Å². The number of amides is 2. The fourth-order valence-corrected chi connectivity index (χ4v) is 3.45. The van der Waals surface area contributed by atoms with Gasteiger partial charge < -0.3 is 0 Å². The first-order valence-electron chi connectivity index (χ1n) is 7.76. The van der Waals surface area contributed by atoms with Gasteiger partial charge in [-0.15, -0.1) is 0 Å². The summed E-state index contributed by atoms with van der Waals surface area (Å²) in [6.07, 6.45) is 0. The molecule has 6 nitrogen and oxygen atoms in total. The molecule has 0 unspecified atom stereocenters. The van der Waals surface area contributed by atoms with Gasteiger partial charge in [-0.2, -0.15) is 0 Å². The first-order valence-corrected chi connectivity index (χ1v) is 8.52. The average Bonchev–Trinajstić information content (AvgIpc) is 2.60. The summed E-state index contributed by atoms with van der Waals surface area (Å²) in [5.41, 5.74) is 1.84. The predicted molar refractivity (Wildman–Crippen MR) is 102 cm³/mol. The molecular weight excluding hydrogens is 375 g/mol. The number of aromatic nitrogens is 2. The SMILES string of the molecule is CC(=O)N1c2ccccc2N(C(C)=O)c2nc3c(Cl)ccc(Cl)c3nc21. The van der Waals surface area contributed by atoms with Gasteiger partial charge in [0.25, 0.3) is 0 Å². The molecular formula is C18H12Cl2N4O2. The van der Waals surface area contributed by atoms with E-state index in [0.717, 1.165) is 0 Å². The molecule has 8 heteroatoms. The van der Waals surface area contributed by atoms with E-state index in [9.17, 15) is 9.59 Å². The molecule has 1 aliphatic rings. The van der Waals surface area contributed by atoms with Crippen LogP contribution in [0, 0.1) is 0 Å². The van der Waals surface area contributed by atoms with Crippen molar-refractivity contribution < 1.29 is 9.59 Å². The number of hydrogen-bond donors (Lipinski definition) is 0. The summed E-state index contributed by atoms with van der Waals surface area (Å²) in [7, 11) is 0. The molecule has 0 bridgehead atoms. The Morgan fingerprint density at radius 2 is 1.15 bits per heavy atom. The number of anilines is 4. The van der Waals surface area contributed by atoms with Gasteiger partial charge in [0.2, 0.25) is 11.8 Å². The number of rotatable bonds is 0. The summed E-state index contributed by atoms with van der Waals surface area (Å²) in [6, 6.07) is 10.3. The summed E-state index contributed by atoms with van der Waals surface area (Å²) in [4.78, 5) is 36.7. The fraction of sp³-hybridized carbons (Fsp3) is 0.111. The van der Waals surface area contributed by atoms with Crippen LogP contribution in [0.1, 0.15) is 13.8 Å². The van der Waals surface area contributed by atoms with Crippen molar-refractivity contribution >= 4 is 69.1 Å². The lowest BCUT2D eigenvalue weighted by Gasteiger charge is -2.35. The van der Waals surface area contributed by atoms with Crippen LogP contribution in [-0.4, -0.2) is 21.8 Å². The van der Waals surface area contributed by atoms with Gasteiger partial charge in [0.15, 0.2) is 11.6 Å². The molecule has 0 radical (unpaired) electrons. The highest BCUT2D eigenvalue weighted by molar-refractivity contribution is 6.39. The molecule has 130 valence electrons. The van der Waals surface area contributed by atoms with Gasteiger partial charge in [0.1, 0.15) is 11.0 Å². The van der Waals surface area contributed by atoms with Gasteiger partial charge in [0, 0.05) is 13.8 Å². The van der Waals surface area contributed by atoms with E-state index in [1.807, 2.05) is 0 Å².